The molecule has 21 heavy (non-hydrogen) atoms. The highest BCUT2D eigenvalue weighted by Crippen LogP contribution is 2.12. The monoisotopic (exact) mass is 286 g/mol. The molecule has 0 aromatic heterocycles. The number of carbonyl (C=O) groups excluding carboxylic acids is 2. The molecule has 1 N–H and O–H groups in total. The Morgan fingerprint density at radius 1 is 1.43 bits per heavy atom. The lowest BCUT2D eigenvalue weighted by molar-refractivity contribution is -0.128. The van der Waals surface area contributed by atoms with Crippen molar-refractivity contribution in [3.63, 3.8) is 0 Å². The molecule has 1 aromatic rings. The first kappa shape index (κ1) is 14.9. The molecule has 1 atom stereocenters. The standard InChI is InChI=1S/C16H18N2O3/c1-2-6-15(19)17-13-11-16(20)18(12-13)9-10-21-14-7-4-3-5-8-14/h3-5,7-8,13H,9-12H2,1H3,(H,17,19). The van der Waals surface area contributed by atoms with Gasteiger partial charge >= 0.3 is 0 Å². The van der Waals surface area contributed by atoms with Crippen molar-refractivity contribution in [1.82, 2.24) is 10.2 Å². The van der Waals surface area contributed by atoms with Crippen molar-refractivity contribution in [3.8, 4) is 17.6 Å². The predicted octanol–water partition coefficient (Wildman–Crippen LogP) is 0.806. The number of rotatable bonds is 5. The molecule has 0 radical (unpaired) electrons. The Bertz CT molecular complexity index is 560. The largest absolute Gasteiger partial charge is 0.492 e. The second-order valence-corrected chi connectivity index (χ2v) is 4.75. The highest BCUT2D eigenvalue weighted by atomic mass is 16.5. The van der Waals surface area contributed by atoms with E-state index in [4.69, 9.17) is 4.74 Å². The second-order valence-electron chi connectivity index (χ2n) is 4.75. The van der Waals surface area contributed by atoms with Crippen molar-refractivity contribution in [2.24, 2.45) is 0 Å². The molecule has 5 nitrogen and oxygen atoms in total. The molecule has 1 heterocycles. The molecule has 1 fully saturated rings. The maximum Gasteiger partial charge on any atom is 0.296 e. The summed E-state index contributed by atoms with van der Waals surface area (Å²) in [5.41, 5.74) is 0. The molecule has 2 rings (SSSR count). The van der Waals surface area contributed by atoms with Crippen LogP contribution in [0.15, 0.2) is 30.3 Å². The molecule has 110 valence electrons. The number of hydrogen-bond donors (Lipinski definition) is 1. The van der Waals surface area contributed by atoms with Crippen LogP contribution in [0.4, 0.5) is 0 Å². The minimum Gasteiger partial charge on any atom is -0.492 e. The molecule has 1 aliphatic heterocycles. The number of ether oxygens (including phenoxy) is 1. The third-order valence-corrected chi connectivity index (χ3v) is 3.16. The molecule has 1 aromatic carbocycles. The molecular formula is C16H18N2O3. The molecule has 1 unspecified atom stereocenters. The third-order valence-electron chi connectivity index (χ3n) is 3.16. The van der Waals surface area contributed by atoms with Crippen LogP contribution >= 0.6 is 0 Å². The Hall–Kier alpha value is -2.48. The van der Waals surface area contributed by atoms with E-state index >= 15 is 0 Å². The summed E-state index contributed by atoms with van der Waals surface area (Å²) in [7, 11) is 0. The number of para-hydroxylation sites is 1. The van der Waals surface area contributed by atoms with E-state index in [1.807, 2.05) is 30.3 Å². The van der Waals surface area contributed by atoms with Gasteiger partial charge in [-0.05, 0) is 25.0 Å². The van der Waals surface area contributed by atoms with E-state index in [9.17, 15) is 9.59 Å². The van der Waals surface area contributed by atoms with E-state index in [2.05, 4.69) is 17.2 Å². The van der Waals surface area contributed by atoms with Crippen LogP contribution in [0.25, 0.3) is 0 Å². The first-order valence-electron chi connectivity index (χ1n) is 6.88. The number of nitrogens with one attached hydrogen (secondary N) is 1. The quantitative estimate of drug-likeness (QED) is 0.815. The van der Waals surface area contributed by atoms with Gasteiger partial charge in [-0.15, -0.1) is 0 Å². The lowest BCUT2D eigenvalue weighted by atomic mass is 10.2. The van der Waals surface area contributed by atoms with Crippen LogP contribution in [-0.2, 0) is 9.59 Å². The van der Waals surface area contributed by atoms with Gasteiger partial charge in [0, 0.05) is 13.0 Å². The Balaban J connectivity index is 1.75. The first-order valence-corrected chi connectivity index (χ1v) is 6.88. The van der Waals surface area contributed by atoms with E-state index in [0.29, 0.717) is 26.1 Å². The topological polar surface area (TPSA) is 58.6 Å². The normalized spacial score (nSPS) is 17.1. The molecule has 0 spiro atoms. The molecule has 0 bridgehead atoms. The van der Waals surface area contributed by atoms with Crippen molar-refractivity contribution in [3.05, 3.63) is 30.3 Å². The van der Waals surface area contributed by atoms with Gasteiger partial charge in [-0.1, -0.05) is 24.1 Å². The average molecular weight is 286 g/mol. The van der Waals surface area contributed by atoms with E-state index in [-0.39, 0.29) is 17.9 Å². The zero-order chi connectivity index (χ0) is 15.1. The highest BCUT2D eigenvalue weighted by Gasteiger charge is 2.29. The van der Waals surface area contributed by atoms with Crippen molar-refractivity contribution >= 4 is 11.8 Å². The van der Waals surface area contributed by atoms with Gasteiger partial charge in [0.25, 0.3) is 5.91 Å². The van der Waals surface area contributed by atoms with Gasteiger partial charge in [0.1, 0.15) is 12.4 Å². The molecule has 1 saturated heterocycles. The van der Waals surface area contributed by atoms with Crippen LogP contribution in [0.1, 0.15) is 13.3 Å². The minimum absolute atomic E-state index is 0.0291. The van der Waals surface area contributed by atoms with Gasteiger partial charge in [-0.3, -0.25) is 9.59 Å². The molecule has 0 saturated carbocycles. The first-order chi connectivity index (χ1) is 10.2. The van der Waals surface area contributed by atoms with Crippen LogP contribution in [0.5, 0.6) is 5.75 Å². The summed E-state index contributed by atoms with van der Waals surface area (Å²) in [5, 5.41) is 2.73. The smallest absolute Gasteiger partial charge is 0.296 e. The van der Waals surface area contributed by atoms with Crippen molar-refractivity contribution < 1.29 is 14.3 Å². The van der Waals surface area contributed by atoms with Crippen molar-refractivity contribution in [1.29, 1.82) is 0 Å². The van der Waals surface area contributed by atoms with Crippen molar-refractivity contribution in [2.45, 2.75) is 19.4 Å². The van der Waals surface area contributed by atoms with Gasteiger partial charge in [-0.2, -0.15) is 0 Å². The lowest BCUT2D eigenvalue weighted by Gasteiger charge is -2.17. The summed E-state index contributed by atoms with van der Waals surface area (Å²) < 4.78 is 5.57. The van der Waals surface area contributed by atoms with Gasteiger partial charge in [0.15, 0.2) is 0 Å². The lowest BCUT2D eigenvalue weighted by Crippen LogP contribution is -2.37. The van der Waals surface area contributed by atoms with Crippen molar-refractivity contribution in [2.75, 3.05) is 19.7 Å². The number of carbonyl (C=O) groups is 2. The number of benzene rings is 1. The van der Waals surface area contributed by atoms with Gasteiger partial charge in [0.05, 0.1) is 12.6 Å². The number of likely N-dealkylation sites (tertiary alicyclic amines) is 1. The summed E-state index contributed by atoms with van der Waals surface area (Å²) in [6, 6.07) is 9.30. The Morgan fingerprint density at radius 3 is 2.90 bits per heavy atom. The molecular weight excluding hydrogens is 268 g/mol. The zero-order valence-corrected chi connectivity index (χ0v) is 12.0. The van der Waals surface area contributed by atoms with E-state index in [1.165, 1.54) is 0 Å². The Labute approximate surface area is 124 Å². The van der Waals surface area contributed by atoms with Gasteiger partial charge in [0.2, 0.25) is 5.91 Å². The maximum absolute atomic E-state index is 11.8. The van der Waals surface area contributed by atoms with E-state index in [0.717, 1.165) is 5.75 Å². The fourth-order valence-electron chi connectivity index (χ4n) is 2.21. The summed E-state index contributed by atoms with van der Waals surface area (Å²) >= 11 is 0. The predicted molar refractivity (Wildman–Crippen MR) is 78.5 cm³/mol. The Kier molecular flexibility index (Phi) is 5.22. The summed E-state index contributed by atoms with van der Waals surface area (Å²) in [6.07, 6.45) is 0.322. The van der Waals surface area contributed by atoms with E-state index < -0.39 is 0 Å². The van der Waals surface area contributed by atoms with Gasteiger partial charge in [-0.25, -0.2) is 0 Å². The average Bonchev–Trinajstić information content (AvgIpc) is 2.80. The summed E-state index contributed by atoms with van der Waals surface area (Å²) in [6.45, 7) is 3.06. The van der Waals surface area contributed by atoms with Crippen LogP contribution in [-0.4, -0.2) is 42.5 Å². The highest BCUT2D eigenvalue weighted by molar-refractivity contribution is 5.94. The third kappa shape index (κ3) is 4.53. The SMILES string of the molecule is CC#CC(=O)NC1CC(=O)N(CCOc2ccccc2)C1. The van der Waals surface area contributed by atoms with Crippen LogP contribution < -0.4 is 10.1 Å². The Morgan fingerprint density at radius 2 is 2.19 bits per heavy atom. The van der Waals surface area contributed by atoms with E-state index in [1.54, 1.807) is 11.8 Å². The fourth-order valence-corrected chi connectivity index (χ4v) is 2.21. The molecule has 1 aliphatic rings. The maximum atomic E-state index is 11.8. The molecule has 5 heteroatoms. The zero-order valence-electron chi connectivity index (χ0n) is 12.0. The van der Waals surface area contributed by atoms with Crippen LogP contribution in [0.2, 0.25) is 0 Å². The minimum atomic E-state index is -0.335. The summed E-state index contributed by atoms with van der Waals surface area (Å²) in [5.74, 6) is 5.43. The number of nitrogens with zero attached hydrogens (tertiary/aromatic N) is 1. The van der Waals surface area contributed by atoms with Gasteiger partial charge < -0.3 is 15.0 Å². The van der Waals surface area contributed by atoms with Crippen LogP contribution in [0.3, 0.4) is 0 Å². The second kappa shape index (κ2) is 7.34. The fraction of sp³-hybridized carbons (Fsp3) is 0.375. The van der Waals surface area contributed by atoms with Crippen LogP contribution in [0, 0.1) is 11.8 Å². The number of amides is 2. The molecule has 2 amide bonds. The number of hydrogen-bond acceptors (Lipinski definition) is 3. The molecule has 0 aliphatic carbocycles. The summed E-state index contributed by atoms with van der Waals surface area (Å²) in [4.78, 5) is 24.9.